The second kappa shape index (κ2) is 3.51. The summed E-state index contributed by atoms with van der Waals surface area (Å²) < 4.78 is 0. The van der Waals surface area contributed by atoms with Gasteiger partial charge in [0.2, 0.25) is 5.56 Å². The first kappa shape index (κ1) is 9.92. The normalized spacial score (nSPS) is 16.3. The van der Waals surface area contributed by atoms with Crippen molar-refractivity contribution in [2.75, 3.05) is 13.1 Å². The number of hydrogen-bond donors (Lipinski definition) is 2. The third-order valence-corrected chi connectivity index (χ3v) is 2.38. The van der Waals surface area contributed by atoms with E-state index in [0.29, 0.717) is 24.3 Å². The standard InChI is InChI=1S/C10H12N2O3/c1-6-2-7(3-9(14)11-6)10(15)12-4-8(13)5-12/h2-3,8,13H,4-5H2,1H3,(H,11,14). The minimum absolute atomic E-state index is 0.200. The predicted octanol–water partition coefficient (Wildman–Crippen LogP) is -0.500. The van der Waals surface area contributed by atoms with Crippen LogP contribution >= 0.6 is 0 Å². The van der Waals surface area contributed by atoms with Crippen molar-refractivity contribution in [1.29, 1.82) is 0 Å². The minimum atomic E-state index is -0.419. The maximum absolute atomic E-state index is 11.7. The predicted molar refractivity (Wildman–Crippen MR) is 53.7 cm³/mol. The number of aryl methyl sites for hydroxylation is 1. The van der Waals surface area contributed by atoms with Crippen LogP contribution in [-0.4, -0.2) is 40.1 Å². The maximum Gasteiger partial charge on any atom is 0.254 e. The van der Waals surface area contributed by atoms with Crippen molar-refractivity contribution in [3.05, 3.63) is 33.7 Å². The summed E-state index contributed by atoms with van der Waals surface area (Å²) in [6.45, 7) is 2.43. The van der Waals surface area contributed by atoms with Gasteiger partial charge in [-0.15, -0.1) is 0 Å². The molecule has 15 heavy (non-hydrogen) atoms. The lowest BCUT2D eigenvalue weighted by Gasteiger charge is -2.35. The van der Waals surface area contributed by atoms with Crippen molar-refractivity contribution in [3.8, 4) is 0 Å². The molecule has 1 fully saturated rings. The number of nitrogens with one attached hydrogen (secondary N) is 1. The van der Waals surface area contributed by atoms with Crippen molar-refractivity contribution < 1.29 is 9.90 Å². The molecule has 2 N–H and O–H groups in total. The Balaban J connectivity index is 2.22. The fraction of sp³-hybridized carbons (Fsp3) is 0.400. The van der Waals surface area contributed by atoms with Crippen LogP contribution in [0.5, 0.6) is 0 Å². The summed E-state index contributed by atoms with van der Waals surface area (Å²) in [6.07, 6.45) is -0.419. The topological polar surface area (TPSA) is 73.4 Å². The molecule has 0 aromatic carbocycles. The van der Waals surface area contributed by atoms with Gasteiger partial charge in [-0.05, 0) is 13.0 Å². The zero-order valence-corrected chi connectivity index (χ0v) is 8.36. The van der Waals surface area contributed by atoms with E-state index in [1.54, 1.807) is 13.0 Å². The first-order valence-corrected chi connectivity index (χ1v) is 4.74. The summed E-state index contributed by atoms with van der Waals surface area (Å²) in [5, 5.41) is 9.06. The van der Waals surface area contributed by atoms with Crippen LogP contribution in [0.2, 0.25) is 0 Å². The van der Waals surface area contributed by atoms with Crippen LogP contribution in [0.3, 0.4) is 0 Å². The Morgan fingerprint density at radius 1 is 1.53 bits per heavy atom. The number of H-pyrrole nitrogens is 1. The van der Waals surface area contributed by atoms with Gasteiger partial charge in [-0.2, -0.15) is 0 Å². The zero-order valence-electron chi connectivity index (χ0n) is 8.36. The second-order valence-electron chi connectivity index (χ2n) is 3.78. The Labute approximate surface area is 86.3 Å². The van der Waals surface area contributed by atoms with Crippen LogP contribution in [-0.2, 0) is 0 Å². The summed E-state index contributed by atoms with van der Waals surface area (Å²) in [7, 11) is 0. The molecule has 0 unspecified atom stereocenters. The molecule has 1 saturated heterocycles. The highest BCUT2D eigenvalue weighted by atomic mass is 16.3. The Morgan fingerprint density at radius 2 is 2.20 bits per heavy atom. The van der Waals surface area contributed by atoms with Crippen LogP contribution in [0.1, 0.15) is 16.1 Å². The molecular weight excluding hydrogens is 196 g/mol. The van der Waals surface area contributed by atoms with E-state index in [-0.39, 0.29) is 11.5 Å². The number of amides is 1. The van der Waals surface area contributed by atoms with Gasteiger partial charge in [-0.1, -0.05) is 0 Å². The van der Waals surface area contributed by atoms with Crippen LogP contribution in [0.15, 0.2) is 16.9 Å². The van der Waals surface area contributed by atoms with Crippen LogP contribution < -0.4 is 5.56 Å². The van der Waals surface area contributed by atoms with Gasteiger partial charge in [-0.3, -0.25) is 9.59 Å². The molecule has 5 heteroatoms. The zero-order chi connectivity index (χ0) is 11.0. The summed E-state index contributed by atoms with van der Waals surface area (Å²) in [5.74, 6) is -0.200. The highest BCUT2D eigenvalue weighted by Crippen LogP contribution is 2.12. The first-order valence-electron chi connectivity index (χ1n) is 4.74. The molecule has 2 rings (SSSR count). The highest BCUT2D eigenvalue weighted by Gasteiger charge is 2.29. The molecule has 0 radical (unpaired) electrons. The molecule has 1 aliphatic rings. The van der Waals surface area contributed by atoms with E-state index in [1.165, 1.54) is 11.0 Å². The largest absolute Gasteiger partial charge is 0.389 e. The molecule has 1 amide bonds. The summed E-state index contributed by atoms with van der Waals surface area (Å²) in [6, 6.07) is 2.91. The van der Waals surface area contributed by atoms with Crippen LogP contribution in [0.4, 0.5) is 0 Å². The van der Waals surface area contributed by atoms with E-state index < -0.39 is 6.10 Å². The van der Waals surface area contributed by atoms with Crippen LogP contribution in [0, 0.1) is 6.92 Å². The average molecular weight is 208 g/mol. The van der Waals surface area contributed by atoms with Gasteiger partial charge < -0.3 is 15.0 Å². The quantitative estimate of drug-likeness (QED) is 0.653. The Bertz CT molecular complexity index is 446. The van der Waals surface area contributed by atoms with Gasteiger partial charge in [0.05, 0.1) is 6.10 Å². The SMILES string of the molecule is Cc1cc(C(=O)N2CC(O)C2)cc(=O)[nH]1. The van der Waals surface area contributed by atoms with E-state index in [2.05, 4.69) is 4.98 Å². The summed E-state index contributed by atoms with van der Waals surface area (Å²) in [5.41, 5.74) is 0.759. The molecular formula is C10H12N2O3. The molecule has 80 valence electrons. The van der Waals surface area contributed by atoms with Gasteiger partial charge in [0.1, 0.15) is 0 Å². The number of nitrogens with zero attached hydrogens (tertiary/aromatic N) is 1. The Kier molecular flexibility index (Phi) is 2.32. The number of aliphatic hydroxyl groups excluding tert-OH is 1. The maximum atomic E-state index is 11.7. The lowest BCUT2D eigenvalue weighted by molar-refractivity contribution is 0.00587. The molecule has 2 heterocycles. The molecule has 0 spiro atoms. The van der Waals surface area contributed by atoms with Crippen molar-refractivity contribution in [3.63, 3.8) is 0 Å². The lowest BCUT2D eigenvalue weighted by atomic mass is 10.1. The summed E-state index contributed by atoms with van der Waals surface area (Å²) >= 11 is 0. The third kappa shape index (κ3) is 1.92. The number of likely N-dealkylation sites (tertiary alicyclic amines) is 1. The van der Waals surface area contributed by atoms with E-state index in [1.807, 2.05) is 0 Å². The average Bonchev–Trinajstić information content (AvgIpc) is 2.10. The molecule has 5 nitrogen and oxygen atoms in total. The molecule has 0 aliphatic carbocycles. The van der Waals surface area contributed by atoms with E-state index >= 15 is 0 Å². The van der Waals surface area contributed by atoms with Crippen molar-refractivity contribution in [1.82, 2.24) is 9.88 Å². The molecule has 0 bridgehead atoms. The number of aliphatic hydroxyl groups is 1. The number of pyridine rings is 1. The van der Waals surface area contributed by atoms with Crippen LogP contribution in [0.25, 0.3) is 0 Å². The number of β-amino-alcohol motifs (C(OH)–C–C–N with tert-alkyl or cyclic N) is 1. The fourth-order valence-electron chi connectivity index (χ4n) is 1.61. The number of carbonyl (C=O) groups excluding carboxylic acids is 1. The Morgan fingerprint density at radius 3 is 2.73 bits per heavy atom. The molecule has 1 aromatic rings. The summed E-state index contributed by atoms with van der Waals surface area (Å²) in [4.78, 5) is 27.0. The molecule has 1 aromatic heterocycles. The number of hydrogen-bond acceptors (Lipinski definition) is 3. The lowest BCUT2D eigenvalue weighted by Crippen LogP contribution is -2.53. The number of aromatic amines is 1. The van der Waals surface area contributed by atoms with E-state index in [0.717, 1.165) is 0 Å². The first-order chi connectivity index (χ1) is 7.06. The van der Waals surface area contributed by atoms with Crippen molar-refractivity contribution >= 4 is 5.91 Å². The van der Waals surface area contributed by atoms with E-state index in [9.17, 15) is 9.59 Å². The van der Waals surface area contributed by atoms with Gasteiger partial charge in [-0.25, -0.2) is 0 Å². The van der Waals surface area contributed by atoms with Crippen molar-refractivity contribution in [2.24, 2.45) is 0 Å². The highest BCUT2D eigenvalue weighted by molar-refractivity contribution is 5.94. The fourth-order valence-corrected chi connectivity index (χ4v) is 1.61. The Hall–Kier alpha value is -1.62. The monoisotopic (exact) mass is 208 g/mol. The van der Waals surface area contributed by atoms with E-state index in [4.69, 9.17) is 5.11 Å². The number of rotatable bonds is 1. The van der Waals surface area contributed by atoms with Crippen molar-refractivity contribution in [2.45, 2.75) is 13.0 Å². The second-order valence-corrected chi connectivity index (χ2v) is 3.78. The van der Waals surface area contributed by atoms with Gasteiger partial charge in [0.15, 0.2) is 0 Å². The third-order valence-electron chi connectivity index (χ3n) is 2.38. The molecule has 0 atom stereocenters. The van der Waals surface area contributed by atoms with Gasteiger partial charge in [0.25, 0.3) is 5.91 Å². The van der Waals surface area contributed by atoms with Gasteiger partial charge >= 0.3 is 0 Å². The number of carbonyl (C=O) groups is 1. The smallest absolute Gasteiger partial charge is 0.254 e. The molecule has 1 aliphatic heterocycles. The number of aromatic nitrogens is 1. The molecule has 0 saturated carbocycles. The minimum Gasteiger partial charge on any atom is -0.389 e. The van der Waals surface area contributed by atoms with Gasteiger partial charge in [0, 0.05) is 30.4 Å².